The summed E-state index contributed by atoms with van der Waals surface area (Å²) in [6, 6.07) is 8.25. The van der Waals surface area contributed by atoms with Crippen molar-refractivity contribution in [2.24, 2.45) is 0 Å². The maximum absolute atomic E-state index is 13.6. The van der Waals surface area contributed by atoms with Crippen molar-refractivity contribution in [3.8, 4) is 0 Å². The SMILES string of the molecule is CCOC(=O)c1ccc(C(=O)Nc2ccc(NC(=O)c3ccco3)cc2C(F)(F)F)nc1C. The van der Waals surface area contributed by atoms with Crippen LogP contribution in [-0.4, -0.2) is 29.4 Å². The Morgan fingerprint density at radius 1 is 1.06 bits per heavy atom. The van der Waals surface area contributed by atoms with Crippen molar-refractivity contribution in [2.75, 3.05) is 17.2 Å². The van der Waals surface area contributed by atoms with Crippen LogP contribution in [0.2, 0.25) is 0 Å². The first kappa shape index (κ1) is 23.5. The molecule has 2 heterocycles. The number of nitrogens with one attached hydrogen (secondary N) is 2. The number of hydrogen-bond acceptors (Lipinski definition) is 6. The Hall–Kier alpha value is -4.15. The van der Waals surface area contributed by atoms with E-state index < -0.39 is 35.2 Å². The molecule has 0 radical (unpaired) electrons. The standard InChI is InChI=1S/C22H18F3N3O5/c1-3-32-21(31)14-7-9-17(26-12(14)2)19(29)28-16-8-6-13(11-15(16)22(23,24)25)27-20(30)18-5-4-10-33-18/h4-11H,3H2,1-2H3,(H,27,30)(H,28,29). The van der Waals surface area contributed by atoms with Gasteiger partial charge < -0.3 is 19.8 Å². The van der Waals surface area contributed by atoms with Crippen LogP contribution in [0.5, 0.6) is 0 Å². The number of aromatic nitrogens is 1. The molecule has 0 aliphatic rings. The van der Waals surface area contributed by atoms with Gasteiger partial charge in [-0.15, -0.1) is 0 Å². The minimum atomic E-state index is -4.83. The second-order valence-corrected chi connectivity index (χ2v) is 6.69. The normalized spacial score (nSPS) is 11.1. The van der Waals surface area contributed by atoms with Gasteiger partial charge in [0, 0.05) is 5.69 Å². The summed E-state index contributed by atoms with van der Waals surface area (Å²) in [6.45, 7) is 3.26. The summed E-state index contributed by atoms with van der Waals surface area (Å²) >= 11 is 0. The number of nitrogens with zero attached hydrogens (tertiary/aromatic N) is 1. The Labute approximate surface area is 185 Å². The van der Waals surface area contributed by atoms with Gasteiger partial charge in [0.25, 0.3) is 11.8 Å². The molecule has 0 fully saturated rings. The van der Waals surface area contributed by atoms with Gasteiger partial charge in [0.05, 0.1) is 35.4 Å². The highest BCUT2D eigenvalue weighted by Crippen LogP contribution is 2.37. The molecular formula is C22H18F3N3O5. The summed E-state index contributed by atoms with van der Waals surface area (Å²) in [7, 11) is 0. The molecule has 0 aliphatic heterocycles. The molecular weight excluding hydrogens is 443 g/mol. The average molecular weight is 461 g/mol. The molecule has 8 nitrogen and oxygen atoms in total. The van der Waals surface area contributed by atoms with Crippen LogP contribution in [0.3, 0.4) is 0 Å². The Balaban J connectivity index is 1.83. The first-order valence-corrected chi connectivity index (χ1v) is 9.62. The fourth-order valence-electron chi connectivity index (χ4n) is 2.86. The van der Waals surface area contributed by atoms with E-state index in [0.717, 1.165) is 6.07 Å². The third-order valence-corrected chi connectivity index (χ3v) is 4.39. The molecule has 3 aromatic rings. The lowest BCUT2D eigenvalue weighted by Gasteiger charge is -2.16. The highest BCUT2D eigenvalue weighted by Gasteiger charge is 2.34. The molecule has 0 spiro atoms. The first-order chi connectivity index (χ1) is 15.6. The van der Waals surface area contributed by atoms with E-state index in [1.807, 2.05) is 0 Å². The largest absolute Gasteiger partial charge is 0.462 e. The molecule has 2 amide bonds. The van der Waals surface area contributed by atoms with Crippen molar-refractivity contribution >= 4 is 29.2 Å². The van der Waals surface area contributed by atoms with E-state index in [0.29, 0.717) is 6.07 Å². The van der Waals surface area contributed by atoms with Crippen LogP contribution < -0.4 is 10.6 Å². The minimum Gasteiger partial charge on any atom is -0.462 e. The molecule has 0 saturated carbocycles. The smallest absolute Gasteiger partial charge is 0.418 e. The van der Waals surface area contributed by atoms with Crippen molar-refractivity contribution in [1.82, 2.24) is 4.98 Å². The van der Waals surface area contributed by atoms with Crippen molar-refractivity contribution in [3.05, 3.63) is 77.0 Å². The Kier molecular flexibility index (Phi) is 6.80. The van der Waals surface area contributed by atoms with Crippen LogP contribution in [0.4, 0.5) is 24.5 Å². The topological polar surface area (TPSA) is 111 Å². The molecule has 2 N–H and O–H groups in total. The number of carbonyl (C=O) groups is 3. The molecule has 2 aromatic heterocycles. The zero-order valence-corrected chi connectivity index (χ0v) is 17.4. The number of carbonyl (C=O) groups excluding carboxylic acids is 3. The van der Waals surface area contributed by atoms with Gasteiger partial charge in [-0.05, 0) is 56.3 Å². The van der Waals surface area contributed by atoms with Crippen LogP contribution in [0.25, 0.3) is 0 Å². The van der Waals surface area contributed by atoms with Crippen LogP contribution in [-0.2, 0) is 10.9 Å². The van der Waals surface area contributed by atoms with Gasteiger partial charge in [0.1, 0.15) is 5.69 Å². The molecule has 0 saturated heterocycles. The van der Waals surface area contributed by atoms with E-state index in [9.17, 15) is 27.6 Å². The minimum absolute atomic E-state index is 0.0753. The lowest BCUT2D eigenvalue weighted by atomic mass is 10.1. The highest BCUT2D eigenvalue weighted by atomic mass is 19.4. The Bertz CT molecular complexity index is 1190. The van der Waals surface area contributed by atoms with Gasteiger partial charge in [-0.2, -0.15) is 13.2 Å². The number of halogens is 3. The van der Waals surface area contributed by atoms with E-state index in [1.54, 1.807) is 6.92 Å². The molecule has 1 aromatic carbocycles. The van der Waals surface area contributed by atoms with Crippen molar-refractivity contribution in [2.45, 2.75) is 20.0 Å². The van der Waals surface area contributed by atoms with E-state index in [4.69, 9.17) is 9.15 Å². The third-order valence-electron chi connectivity index (χ3n) is 4.39. The Morgan fingerprint density at radius 2 is 1.82 bits per heavy atom. The summed E-state index contributed by atoms with van der Waals surface area (Å²) in [5.74, 6) is -2.34. The van der Waals surface area contributed by atoms with Crippen LogP contribution in [0.15, 0.2) is 53.1 Å². The van der Waals surface area contributed by atoms with Crippen LogP contribution in [0, 0.1) is 6.92 Å². The predicted octanol–water partition coefficient (Wildman–Crippen LogP) is 4.68. The molecule has 0 unspecified atom stereocenters. The number of ether oxygens (including phenoxy) is 1. The number of rotatable bonds is 6. The summed E-state index contributed by atoms with van der Waals surface area (Å²) in [5, 5.41) is 4.48. The Morgan fingerprint density at radius 3 is 2.42 bits per heavy atom. The summed E-state index contributed by atoms with van der Waals surface area (Å²) in [5.41, 5.74) is -1.71. The molecule has 172 valence electrons. The quantitative estimate of drug-likeness (QED) is 0.516. The van der Waals surface area contributed by atoms with E-state index in [-0.39, 0.29) is 35.0 Å². The first-order valence-electron chi connectivity index (χ1n) is 9.62. The number of benzene rings is 1. The number of amides is 2. The van der Waals surface area contributed by atoms with Crippen molar-refractivity contribution in [3.63, 3.8) is 0 Å². The van der Waals surface area contributed by atoms with Crippen LogP contribution >= 0.6 is 0 Å². The number of esters is 1. The zero-order valence-electron chi connectivity index (χ0n) is 17.4. The monoisotopic (exact) mass is 461 g/mol. The highest BCUT2D eigenvalue weighted by molar-refractivity contribution is 6.05. The zero-order chi connectivity index (χ0) is 24.2. The van der Waals surface area contributed by atoms with Crippen LogP contribution in [0.1, 0.15) is 49.6 Å². The third kappa shape index (κ3) is 5.56. The van der Waals surface area contributed by atoms with Gasteiger partial charge in [-0.3, -0.25) is 9.59 Å². The summed E-state index contributed by atoms with van der Waals surface area (Å²) in [6.07, 6.45) is -3.57. The second kappa shape index (κ2) is 9.55. The lowest BCUT2D eigenvalue weighted by molar-refractivity contribution is -0.136. The van der Waals surface area contributed by atoms with Gasteiger partial charge in [-0.1, -0.05) is 0 Å². The lowest BCUT2D eigenvalue weighted by Crippen LogP contribution is -2.19. The van der Waals surface area contributed by atoms with Crippen molar-refractivity contribution < 1.29 is 36.7 Å². The van der Waals surface area contributed by atoms with Gasteiger partial charge in [0.15, 0.2) is 5.76 Å². The maximum Gasteiger partial charge on any atom is 0.418 e. The number of pyridine rings is 1. The second-order valence-electron chi connectivity index (χ2n) is 6.69. The number of aryl methyl sites for hydroxylation is 1. The number of anilines is 2. The van der Waals surface area contributed by atoms with Crippen molar-refractivity contribution in [1.29, 1.82) is 0 Å². The average Bonchev–Trinajstić information content (AvgIpc) is 3.29. The molecule has 11 heteroatoms. The summed E-state index contributed by atoms with van der Waals surface area (Å²) in [4.78, 5) is 40.4. The van der Waals surface area contributed by atoms with E-state index in [1.165, 1.54) is 43.5 Å². The van der Waals surface area contributed by atoms with Gasteiger partial charge in [0.2, 0.25) is 0 Å². The van der Waals surface area contributed by atoms with E-state index in [2.05, 4.69) is 15.6 Å². The van der Waals surface area contributed by atoms with Gasteiger partial charge >= 0.3 is 12.1 Å². The molecule has 0 bridgehead atoms. The maximum atomic E-state index is 13.6. The summed E-state index contributed by atoms with van der Waals surface area (Å²) < 4.78 is 50.7. The molecule has 0 aliphatic carbocycles. The molecule has 3 rings (SSSR count). The number of alkyl halides is 3. The molecule has 0 atom stereocenters. The van der Waals surface area contributed by atoms with Gasteiger partial charge in [-0.25, -0.2) is 9.78 Å². The van der Waals surface area contributed by atoms with E-state index >= 15 is 0 Å². The molecule has 33 heavy (non-hydrogen) atoms. The number of furan rings is 1. The fourth-order valence-corrected chi connectivity index (χ4v) is 2.86. The fraction of sp³-hybridized carbons (Fsp3) is 0.182. The number of hydrogen-bond donors (Lipinski definition) is 2. The predicted molar refractivity (Wildman–Crippen MR) is 111 cm³/mol.